The van der Waals surface area contributed by atoms with Gasteiger partial charge in [-0.15, -0.1) is 12.4 Å². The van der Waals surface area contributed by atoms with E-state index < -0.39 is 19.9 Å². The molecule has 0 radical (unpaired) electrons. The SMILES string of the molecule is CC1(CN)CCN(S(=O)(=O)c2ccc(CS(C)(=O)=O)cc2)C1.Cl. The summed E-state index contributed by atoms with van der Waals surface area (Å²) in [6.45, 7) is 3.31. The number of hydrogen-bond donors (Lipinski definition) is 1. The van der Waals surface area contributed by atoms with Crippen molar-refractivity contribution >= 4 is 32.3 Å². The van der Waals surface area contributed by atoms with E-state index in [0.717, 1.165) is 12.7 Å². The molecule has 1 aromatic carbocycles. The molecule has 23 heavy (non-hydrogen) atoms. The summed E-state index contributed by atoms with van der Waals surface area (Å²) in [4.78, 5) is 0.186. The van der Waals surface area contributed by atoms with Crippen LogP contribution in [-0.4, -0.2) is 47.0 Å². The van der Waals surface area contributed by atoms with Crippen LogP contribution in [0.2, 0.25) is 0 Å². The van der Waals surface area contributed by atoms with Crippen molar-refractivity contribution in [2.45, 2.75) is 24.0 Å². The Morgan fingerprint density at radius 3 is 2.17 bits per heavy atom. The summed E-state index contributed by atoms with van der Waals surface area (Å²) in [5.74, 6) is -0.0950. The van der Waals surface area contributed by atoms with Crippen molar-refractivity contribution in [3.05, 3.63) is 29.8 Å². The first-order valence-electron chi connectivity index (χ1n) is 7.03. The number of nitrogens with two attached hydrogens (primary N) is 1. The van der Waals surface area contributed by atoms with Crippen LogP contribution in [-0.2, 0) is 25.6 Å². The molecule has 0 spiro atoms. The maximum absolute atomic E-state index is 12.6. The average molecular weight is 383 g/mol. The minimum absolute atomic E-state index is 0. The zero-order chi connectivity index (χ0) is 16.6. The Balaban J connectivity index is 0.00000264. The molecule has 9 heteroatoms. The van der Waals surface area contributed by atoms with Gasteiger partial charge in [-0.1, -0.05) is 19.1 Å². The van der Waals surface area contributed by atoms with Crippen LogP contribution in [0.5, 0.6) is 0 Å². The fourth-order valence-corrected chi connectivity index (χ4v) is 4.95. The molecule has 1 aliphatic rings. The zero-order valence-electron chi connectivity index (χ0n) is 13.2. The fourth-order valence-electron chi connectivity index (χ4n) is 2.56. The lowest BCUT2D eigenvalue weighted by molar-refractivity contribution is 0.349. The van der Waals surface area contributed by atoms with Crippen molar-refractivity contribution in [1.29, 1.82) is 0 Å². The quantitative estimate of drug-likeness (QED) is 0.819. The molecule has 1 saturated heterocycles. The molecule has 0 aromatic heterocycles. The molecule has 0 bridgehead atoms. The molecule has 2 N–H and O–H groups in total. The molecule has 1 unspecified atom stereocenters. The van der Waals surface area contributed by atoms with E-state index in [4.69, 9.17) is 5.73 Å². The molecule has 1 aromatic rings. The molecule has 1 fully saturated rings. The van der Waals surface area contributed by atoms with Crippen LogP contribution in [0.1, 0.15) is 18.9 Å². The summed E-state index contributed by atoms with van der Waals surface area (Å²) >= 11 is 0. The molecule has 1 aliphatic heterocycles. The molecule has 0 aliphatic carbocycles. The van der Waals surface area contributed by atoms with Crippen molar-refractivity contribution in [3.63, 3.8) is 0 Å². The number of halogens is 1. The molecule has 1 heterocycles. The minimum atomic E-state index is -3.55. The van der Waals surface area contributed by atoms with Crippen molar-refractivity contribution in [1.82, 2.24) is 4.31 Å². The Morgan fingerprint density at radius 2 is 1.74 bits per heavy atom. The highest BCUT2D eigenvalue weighted by atomic mass is 35.5. The first-order chi connectivity index (χ1) is 10.1. The zero-order valence-corrected chi connectivity index (χ0v) is 15.7. The number of sulfonamides is 1. The molecule has 0 amide bonds. The maximum atomic E-state index is 12.6. The Bertz CT molecular complexity index is 747. The van der Waals surface area contributed by atoms with Crippen LogP contribution >= 0.6 is 12.4 Å². The lowest BCUT2D eigenvalue weighted by Crippen LogP contribution is -2.34. The van der Waals surface area contributed by atoms with Gasteiger partial charge < -0.3 is 5.73 Å². The summed E-state index contributed by atoms with van der Waals surface area (Å²) in [5, 5.41) is 0. The van der Waals surface area contributed by atoms with E-state index in [1.54, 1.807) is 12.1 Å². The van der Waals surface area contributed by atoms with Gasteiger partial charge in [0.2, 0.25) is 10.0 Å². The van der Waals surface area contributed by atoms with Gasteiger partial charge in [0.25, 0.3) is 0 Å². The van der Waals surface area contributed by atoms with Crippen LogP contribution in [0.4, 0.5) is 0 Å². The summed E-state index contributed by atoms with van der Waals surface area (Å²) in [6, 6.07) is 6.03. The number of hydrogen-bond acceptors (Lipinski definition) is 5. The topological polar surface area (TPSA) is 97.5 Å². The number of rotatable bonds is 5. The van der Waals surface area contributed by atoms with Gasteiger partial charge in [0.1, 0.15) is 0 Å². The van der Waals surface area contributed by atoms with E-state index >= 15 is 0 Å². The van der Waals surface area contributed by atoms with Gasteiger partial charge in [0.15, 0.2) is 9.84 Å². The van der Waals surface area contributed by atoms with Crippen molar-refractivity contribution in [2.75, 3.05) is 25.9 Å². The Hall–Kier alpha value is -0.670. The van der Waals surface area contributed by atoms with Crippen LogP contribution < -0.4 is 5.73 Å². The first-order valence-corrected chi connectivity index (χ1v) is 10.5. The van der Waals surface area contributed by atoms with Gasteiger partial charge in [-0.25, -0.2) is 16.8 Å². The van der Waals surface area contributed by atoms with Crippen molar-refractivity contribution < 1.29 is 16.8 Å². The van der Waals surface area contributed by atoms with Gasteiger partial charge in [0, 0.05) is 19.3 Å². The number of sulfone groups is 1. The molecular formula is C14H23ClN2O4S2. The highest BCUT2D eigenvalue weighted by Crippen LogP contribution is 2.32. The summed E-state index contributed by atoms with van der Waals surface area (Å²) < 4.78 is 49.2. The second-order valence-electron chi connectivity index (χ2n) is 6.32. The smallest absolute Gasteiger partial charge is 0.243 e. The second-order valence-corrected chi connectivity index (χ2v) is 10.4. The maximum Gasteiger partial charge on any atom is 0.243 e. The lowest BCUT2D eigenvalue weighted by atomic mass is 9.90. The van der Waals surface area contributed by atoms with Gasteiger partial charge >= 0.3 is 0 Å². The largest absolute Gasteiger partial charge is 0.330 e. The molecule has 132 valence electrons. The average Bonchev–Trinajstić information content (AvgIpc) is 2.82. The number of nitrogens with zero attached hydrogens (tertiary/aromatic N) is 1. The second kappa shape index (κ2) is 7.06. The van der Waals surface area contributed by atoms with Gasteiger partial charge in [0.05, 0.1) is 10.6 Å². The van der Waals surface area contributed by atoms with Crippen LogP contribution in [0.3, 0.4) is 0 Å². The third kappa shape index (κ3) is 4.90. The molecule has 6 nitrogen and oxygen atoms in total. The monoisotopic (exact) mass is 382 g/mol. The summed E-state index contributed by atoms with van der Waals surface area (Å²) in [5.41, 5.74) is 6.11. The third-order valence-corrected chi connectivity index (χ3v) is 6.72. The Labute approximate surface area is 144 Å². The van der Waals surface area contributed by atoms with Crippen molar-refractivity contribution in [2.24, 2.45) is 11.1 Å². The predicted octanol–water partition coefficient (Wildman–Crippen LogP) is 1.01. The van der Waals surface area contributed by atoms with E-state index in [2.05, 4.69) is 0 Å². The van der Waals surface area contributed by atoms with Crippen molar-refractivity contribution in [3.8, 4) is 0 Å². The standard InChI is InChI=1S/C14H22N2O4S2.ClH/c1-14(10-15)7-8-16(11-14)22(19,20)13-5-3-12(4-6-13)9-21(2,17)18;/h3-6H,7-11,15H2,1-2H3;1H. The fraction of sp³-hybridized carbons (Fsp3) is 0.571. The van der Waals surface area contributed by atoms with E-state index in [1.165, 1.54) is 16.4 Å². The molecule has 0 saturated carbocycles. The first kappa shape index (κ1) is 20.4. The highest BCUT2D eigenvalue weighted by Gasteiger charge is 2.38. The van der Waals surface area contributed by atoms with Crippen LogP contribution in [0, 0.1) is 5.41 Å². The molecule has 2 rings (SSSR count). The lowest BCUT2D eigenvalue weighted by Gasteiger charge is -2.22. The van der Waals surface area contributed by atoms with E-state index in [0.29, 0.717) is 25.2 Å². The van der Waals surface area contributed by atoms with Gasteiger partial charge in [-0.2, -0.15) is 4.31 Å². The summed E-state index contributed by atoms with van der Waals surface area (Å²) in [7, 11) is -6.69. The van der Waals surface area contributed by atoms with Gasteiger partial charge in [-0.3, -0.25) is 0 Å². The van der Waals surface area contributed by atoms with E-state index in [-0.39, 0.29) is 28.5 Å². The van der Waals surface area contributed by atoms with Gasteiger partial charge in [-0.05, 0) is 36.1 Å². The molecule has 1 atom stereocenters. The third-order valence-electron chi connectivity index (χ3n) is 4.01. The Morgan fingerprint density at radius 1 is 1.17 bits per heavy atom. The normalized spacial score (nSPS) is 22.7. The number of benzene rings is 1. The van der Waals surface area contributed by atoms with E-state index in [1.807, 2.05) is 6.92 Å². The van der Waals surface area contributed by atoms with E-state index in [9.17, 15) is 16.8 Å². The predicted molar refractivity (Wildman–Crippen MR) is 92.8 cm³/mol. The van der Waals surface area contributed by atoms with Crippen LogP contribution in [0.15, 0.2) is 29.2 Å². The Kier molecular flexibility index (Phi) is 6.26. The van der Waals surface area contributed by atoms with Crippen LogP contribution in [0.25, 0.3) is 0 Å². The highest BCUT2D eigenvalue weighted by molar-refractivity contribution is 7.90. The minimum Gasteiger partial charge on any atom is -0.330 e. The summed E-state index contributed by atoms with van der Waals surface area (Å²) in [6.07, 6.45) is 1.89. The molecular weight excluding hydrogens is 360 g/mol.